The van der Waals surface area contributed by atoms with E-state index in [0.29, 0.717) is 11.6 Å². The maximum absolute atomic E-state index is 13.5. The molecule has 0 saturated carbocycles. The van der Waals surface area contributed by atoms with Crippen LogP contribution in [0.4, 0.5) is 23.2 Å². The third-order valence-corrected chi connectivity index (χ3v) is 2.77. The minimum absolute atomic E-state index is 0.0680. The van der Waals surface area contributed by atoms with E-state index in [2.05, 4.69) is 5.32 Å². The van der Waals surface area contributed by atoms with E-state index in [1.165, 1.54) is 6.07 Å². The van der Waals surface area contributed by atoms with Gasteiger partial charge in [-0.15, -0.1) is 0 Å². The second-order valence-corrected chi connectivity index (χ2v) is 4.14. The summed E-state index contributed by atoms with van der Waals surface area (Å²) in [6.07, 6.45) is 0. The van der Waals surface area contributed by atoms with Crippen LogP contribution in [0.3, 0.4) is 0 Å². The lowest BCUT2D eigenvalue weighted by Gasteiger charge is -2.11. The van der Waals surface area contributed by atoms with Crippen LogP contribution < -0.4 is 5.32 Å². The van der Waals surface area contributed by atoms with Gasteiger partial charge in [0.15, 0.2) is 11.6 Å². The smallest absolute Gasteiger partial charge is 0.161 e. The van der Waals surface area contributed by atoms with Gasteiger partial charge in [0.1, 0.15) is 11.6 Å². The molecular weight excluding hydrogens is 258 g/mol. The molecule has 0 spiro atoms. The van der Waals surface area contributed by atoms with Crippen molar-refractivity contribution in [3.05, 3.63) is 64.7 Å². The largest absolute Gasteiger partial charge is 0.378 e. The zero-order chi connectivity index (χ0) is 14.0. The van der Waals surface area contributed by atoms with Gasteiger partial charge in [0.05, 0.1) is 5.69 Å². The van der Waals surface area contributed by atoms with Crippen molar-refractivity contribution >= 4 is 5.69 Å². The Hall–Kier alpha value is -2.04. The van der Waals surface area contributed by atoms with Crippen molar-refractivity contribution in [2.45, 2.75) is 13.5 Å². The van der Waals surface area contributed by atoms with Crippen molar-refractivity contribution in [1.82, 2.24) is 0 Å². The third-order valence-electron chi connectivity index (χ3n) is 2.77. The highest BCUT2D eigenvalue weighted by Crippen LogP contribution is 2.21. The van der Waals surface area contributed by atoms with Gasteiger partial charge in [0, 0.05) is 18.2 Å². The first kappa shape index (κ1) is 13.4. The van der Waals surface area contributed by atoms with Crippen molar-refractivity contribution in [2.75, 3.05) is 5.32 Å². The molecular formula is C14H11F4N. The van der Waals surface area contributed by atoms with Crippen LogP contribution in [-0.4, -0.2) is 0 Å². The monoisotopic (exact) mass is 269 g/mol. The number of hydrogen-bond donors (Lipinski definition) is 1. The summed E-state index contributed by atoms with van der Waals surface area (Å²) < 4.78 is 52.7. The lowest BCUT2D eigenvalue weighted by molar-refractivity contribution is 0.490. The Kier molecular flexibility index (Phi) is 3.74. The molecule has 0 saturated heterocycles. The van der Waals surface area contributed by atoms with Crippen LogP contribution in [0.5, 0.6) is 0 Å². The number of benzene rings is 2. The molecule has 1 N–H and O–H groups in total. The van der Waals surface area contributed by atoms with Crippen molar-refractivity contribution in [2.24, 2.45) is 0 Å². The molecule has 19 heavy (non-hydrogen) atoms. The van der Waals surface area contributed by atoms with Crippen LogP contribution >= 0.6 is 0 Å². The fraction of sp³-hybridized carbons (Fsp3) is 0.143. The lowest BCUT2D eigenvalue weighted by atomic mass is 10.1. The Morgan fingerprint density at radius 3 is 2.26 bits per heavy atom. The van der Waals surface area contributed by atoms with Gasteiger partial charge in [-0.05, 0) is 24.6 Å². The first-order chi connectivity index (χ1) is 8.99. The quantitative estimate of drug-likeness (QED) is 0.651. The topological polar surface area (TPSA) is 12.0 Å². The predicted octanol–water partition coefficient (Wildman–Crippen LogP) is 4.16. The standard InChI is InChI=1S/C14H11F4N/c1-8-3-2-4-10(15)14(8)19-7-9-5-12(17)13(18)6-11(9)16/h2-6,19H,7H2,1H3. The first-order valence-corrected chi connectivity index (χ1v) is 5.61. The Labute approximate surface area is 107 Å². The average molecular weight is 269 g/mol. The molecule has 0 atom stereocenters. The molecule has 2 aromatic carbocycles. The molecule has 0 aliphatic carbocycles. The number of para-hydroxylation sites is 1. The molecule has 100 valence electrons. The van der Waals surface area contributed by atoms with Gasteiger partial charge < -0.3 is 5.32 Å². The van der Waals surface area contributed by atoms with E-state index in [0.717, 1.165) is 6.07 Å². The van der Waals surface area contributed by atoms with Crippen LogP contribution in [0.1, 0.15) is 11.1 Å². The second kappa shape index (κ2) is 5.30. The summed E-state index contributed by atoms with van der Waals surface area (Å²) in [5, 5.41) is 2.68. The minimum atomic E-state index is -1.25. The summed E-state index contributed by atoms with van der Waals surface area (Å²) in [7, 11) is 0. The summed E-state index contributed by atoms with van der Waals surface area (Å²) >= 11 is 0. The Balaban J connectivity index is 2.22. The summed E-state index contributed by atoms with van der Waals surface area (Å²) in [5.74, 6) is -3.74. The minimum Gasteiger partial charge on any atom is -0.378 e. The number of rotatable bonds is 3. The number of nitrogens with one attached hydrogen (secondary N) is 1. The maximum atomic E-state index is 13.5. The molecule has 0 bridgehead atoms. The van der Waals surface area contributed by atoms with E-state index < -0.39 is 23.3 Å². The molecule has 0 amide bonds. The molecule has 0 radical (unpaired) electrons. The van der Waals surface area contributed by atoms with Crippen molar-refractivity contribution in [3.8, 4) is 0 Å². The van der Waals surface area contributed by atoms with Crippen molar-refractivity contribution < 1.29 is 17.6 Å². The number of halogens is 4. The van der Waals surface area contributed by atoms with Crippen LogP contribution in [0.15, 0.2) is 30.3 Å². The number of aryl methyl sites for hydroxylation is 1. The summed E-state index contributed by atoms with van der Waals surface area (Å²) in [6, 6.07) is 5.73. The summed E-state index contributed by atoms with van der Waals surface area (Å²) in [4.78, 5) is 0. The summed E-state index contributed by atoms with van der Waals surface area (Å²) in [6.45, 7) is 1.55. The van der Waals surface area contributed by atoms with Crippen LogP contribution in [0.25, 0.3) is 0 Å². The van der Waals surface area contributed by atoms with Gasteiger partial charge in [-0.2, -0.15) is 0 Å². The van der Waals surface area contributed by atoms with E-state index in [1.807, 2.05) is 0 Å². The van der Waals surface area contributed by atoms with E-state index >= 15 is 0 Å². The van der Waals surface area contributed by atoms with Crippen LogP contribution in [0, 0.1) is 30.2 Å². The molecule has 0 aliphatic rings. The van der Waals surface area contributed by atoms with E-state index in [4.69, 9.17) is 0 Å². The zero-order valence-corrected chi connectivity index (χ0v) is 10.1. The molecule has 5 heteroatoms. The van der Waals surface area contributed by atoms with Gasteiger partial charge >= 0.3 is 0 Å². The van der Waals surface area contributed by atoms with Gasteiger partial charge in [-0.25, -0.2) is 17.6 Å². The molecule has 2 aromatic rings. The van der Waals surface area contributed by atoms with E-state index in [9.17, 15) is 17.6 Å². The van der Waals surface area contributed by atoms with Gasteiger partial charge in [-0.1, -0.05) is 12.1 Å². The SMILES string of the molecule is Cc1cccc(F)c1NCc1cc(F)c(F)cc1F. The average Bonchev–Trinajstić information content (AvgIpc) is 2.34. The van der Waals surface area contributed by atoms with Crippen molar-refractivity contribution in [3.63, 3.8) is 0 Å². The normalized spacial score (nSPS) is 10.6. The van der Waals surface area contributed by atoms with Gasteiger partial charge in [0.25, 0.3) is 0 Å². The molecule has 0 aromatic heterocycles. The molecule has 0 heterocycles. The van der Waals surface area contributed by atoms with Crippen molar-refractivity contribution in [1.29, 1.82) is 0 Å². The number of anilines is 1. The highest BCUT2D eigenvalue weighted by Gasteiger charge is 2.11. The molecule has 0 unspecified atom stereocenters. The van der Waals surface area contributed by atoms with E-state index in [1.54, 1.807) is 19.1 Å². The van der Waals surface area contributed by atoms with Crippen LogP contribution in [0.2, 0.25) is 0 Å². The highest BCUT2D eigenvalue weighted by atomic mass is 19.2. The molecule has 2 rings (SSSR count). The second-order valence-electron chi connectivity index (χ2n) is 4.14. The summed E-state index contributed by atoms with van der Waals surface area (Å²) in [5.41, 5.74) is 0.788. The maximum Gasteiger partial charge on any atom is 0.161 e. The Morgan fingerprint density at radius 1 is 0.895 bits per heavy atom. The lowest BCUT2D eigenvalue weighted by Crippen LogP contribution is -2.06. The number of hydrogen-bond acceptors (Lipinski definition) is 1. The highest BCUT2D eigenvalue weighted by molar-refractivity contribution is 5.52. The first-order valence-electron chi connectivity index (χ1n) is 5.61. The van der Waals surface area contributed by atoms with Crippen LogP contribution in [-0.2, 0) is 6.54 Å². The molecule has 1 nitrogen and oxygen atoms in total. The third kappa shape index (κ3) is 2.86. The Morgan fingerprint density at radius 2 is 1.58 bits per heavy atom. The fourth-order valence-corrected chi connectivity index (χ4v) is 1.74. The molecule has 0 fully saturated rings. The zero-order valence-electron chi connectivity index (χ0n) is 10.1. The Bertz CT molecular complexity index is 590. The van der Waals surface area contributed by atoms with Gasteiger partial charge in [0.2, 0.25) is 0 Å². The fourth-order valence-electron chi connectivity index (χ4n) is 1.74. The molecule has 0 aliphatic heterocycles. The van der Waals surface area contributed by atoms with E-state index in [-0.39, 0.29) is 17.8 Å². The van der Waals surface area contributed by atoms with Gasteiger partial charge in [-0.3, -0.25) is 0 Å². The predicted molar refractivity (Wildman–Crippen MR) is 64.8 cm³/mol.